The first-order chi connectivity index (χ1) is 10.2. The van der Waals surface area contributed by atoms with Crippen LogP contribution in [0.4, 0.5) is 0 Å². The van der Waals surface area contributed by atoms with Crippen LogP contribution < -0.4 is 5.73 Å². The summed E-state index contributed by atoms with van der Waals surface area (Å²) in [7, 11) is 0. The molecule has 1 heterocycles. The van der Waals surface area contributed by atoms with Gasteiger partial charge in [-0.15, -0.1) is 0 Å². The summed E-state index contributed by atoms with van der Waals surface area (Å²) in [5.41, 5.74) is 8.96. The van der Waals surface area contributed by atoms with Crippen LogP contribution in [-0.2, 0) is 6.54 Å². The van der Waals surface area contributed by atoms with Crippen molar-refractivity contribution in [1.29, 1.82) is 0 Å². The van der Waals surface area contributed by atoms with E-state index >= 15 is 0 Å². The van der Waals surface area contributed by atoms with E-state index < -0.39 is 0 Å². The molecule has 0 aliphatic heterocycles. The SMILES string of the molecule is CCCN(Cc1ncccc1C)C1(CN)CCCCCC1. The summed E-state index contributed by atoms with van der Waals surface area (Å²) in [4.78, 5) is 7.23. The van der Waals surface area contributed by atoms with E-state index in [0.717, 1.165) is 19.6 Å². The van der Waals surface area contributed by atoms with Gasteiger partial charge in [-0.1, -0.05) is 38.7 Å². The molecule has 1 aromatic rings. The van der Waals surface area contributed by atoms with Crippen LogP contribution in [0, 0.1) is 6.92 Å². The smallest absolute Gasteiger partial charge is 0.0573 e. The van der Waals surface area contributed by atoms with Crippen molar-refractivity contribution in [3.63, 3.8) is 0 Å². The van der Waals surface area contributed by atoms with Gasteiger partial charge in [0, 0.05) is 24.8 Å². The second-order valence-electron chi connectivity index (χ2n) is 6.53. The molecule has 21 heavy (non-hydrogen) atoms. The van der Waals surface area contributed by atoms with E-state index in [0.29, 0.717) is 0 Å². The summed E-state index contributed by atoms with van der Waals surface area (Å²) in [6.07, 6.45) is 10.9. The molecule has 3 nitrogen and oxygen atoms in total. The van der Waals surface area contributed by atoms with E-state index in [2.05, 4.69) is 29.8 Å². The Morgan fingerprint density at radius 1 is 1.24 bits per heavy atom. The first-order valence-corrected chi connectivity index (χ1v) is 8.57. The molecular weight excluding hydrogens is 258 g/mol. The van der Waals surface area contributed by atoms with Gasteiger partial charge in [0.1, 0.15) is 0 Å². The Kier molecular flexibility index (Phi) is 6.19. The summed E-state index contributed by atoms with van der Waals surface area (Å²) in [5.74, 6) is 0. The van der Waals surface area contributed by atoms with Gasteiger partial charge in [-0.05, 0) is 44.4 Å². The Hall–Kier alpha value is -0.930. The van der Waals surface area contributed by atoms with Crippen molar-refractivity contribution in [2.75, 3.05) is 13.1 Å². The molecule has 1 saturated carbocycles. The zero-order chi connectivity index (χ0) is 15.1. The average Bonchev–Trinajstić information content (AvgIpc) is 2.75. The first kappa shape index (κ1) is 16.4. The summed E-state index contributed by atoms with van der Waals surface area (Å²) in [6, 6.07) is 4.18. The van der Waals surface area contributed by atoms with Gasteiger partial charge in [-0.3, -0.25) is 9.88 Å². The summed E-state index contributed by atoms with van der Waals surface area (Å²) < 4.78 is 0. The molecule has 1 aliphatic rings. The molecule has 0 bridgehead atoms. The highest BCUT2D eigenvalue weighted by Gasteiger charge is 2.35. The monoisotopic (exact) mass is 289 g/mol. The van der Waals surface area contributed by atoms with Gasteiger partial charge in [0.25, 0.3) is 0 Å². The number of aromatic nitrogens is 1. The van der Waals surface area contributed by atoms with Gasteiger partial charge < -0.3 is 5.73 Å². The summed E-state index contributed by atoms with van der Waals surface area (Å²) in [6.45, 7) is 7.26. The molecule has 1 fully saturated rings. The minimum atomic E-state index is 0.191. The number of pyridine rings is 1. The maximum absolute atomic E-state index is 6.27. The van der Waals surface area contributed by atoms with Crippen molar-refractivity contribution in [1.82, 2.24) is 9.88 Å². The molecule has 3 heteroatoms. The Balaban J connectivity index is 2.21. The number of hydrogen-bond acceptors (Lipinski definition) is 3. The maximum Gasteiger partial charge on any atom is 0.0573 e. The highest BCUT2D eigenvalue weighted by Crippen LogP contribution is 2.33. The van der Waals surface area contributed by atoms with E-state index in [1.165, 1.54) is 56.2 Å². The predicted octanol–water partition coefficient (Wildman–Crippen LogP) is 3.65. The van der Waals surface area contributed by atoms with Gasteiger partial charge in [0.2, 0.25) is 0 Å². The van der Waals surface area contributed by atoms with Crippen LogP contribution in [0.25, 0.3) is 0 Å². The quantitative estimate of drug-likeness (QED) is 0.813. The fourth-order valence-corrected chi connectivity index (χ4v) is 3.65. The first-order valence-electron chi connectivity index (χ1n) is 8.57. The lowest BCUT2D eigenvalue weighted by Gasteiger charge is -2.43. The van der Waals surface area contributed by atoms with Crippen molar-refractivity contribution in [2.45, 2.75) is 70.9 Å². The normalized spacial score (nSPS) is 18.7. The fraction of sp³-hybridized carbons (Fsp3) is 0.722. The maximum atomic E-state index is 6.27. The van der Waals surface area contributed by atoms with Crippen LogP contribution in [0.1, 0.15) is 63.1 Å². The highest BCUT2D eigenvalue weighted by atomic mass is 15.2. The topological polar surface area (TPSA) is 42.2 Å². The predicted molar refractivity (Wildman–Crippen MR) is 89.2 cm³/mol. The second kappa shape index (κ2) is 7.90. The summed E-state index contributed by atoms with van der Waals surface area (Å²) in [5, 5.41) is 0. The minimum absolute atomic E-state index is 0.191. The minimum Gasteiger partial charge on any atom is -0.329 e. The van der Waals surface area contributed by atoms with Crippen LogP contribution in [0.15, 0.2) is 18.3 Å². The molecule has 0 spiro atoms. The van der Waals surface area contributed by atoms with Crippen LogP contribution in [-0.4, -0.2) is 28.5 Å². The number of nitrogens with two attached hydrogens (primary N) is 1. The van der Waals surface area contributed by atoms with Gasteiger partial charge in [-0.25, -0.2) is 0 Å². The number of rotatable bonds is 6. The van der Waals surface area contributed by atoms with E-state index in [4.69, 9.17) is 5.73 Å². The van der Waals surface area contributed by atoms with Crippen LogP contribution in [0.2, 0.25) is 0 Å². The second-order valence-corrected chi connectivity index (χ2v) is 6.53. The van der Waals surface area contributed by atoms with E-state index in [1.807, 2.05) is 12.3 Å². The van der Waals surface area contributed by atoms with Crippen molar-refractivity contribution >= 4 is 0 Å². The van der Waals surface area contributed by atoms with Gasteiger partial charge in [0.15, 0.2) is 0 Å². The number of aryl methyl sites for hydroxylation is 1. The molecule has 0 saturated heterocycles. The Labute approximate surface area is 129 Å². The Morgan fingerprint density at radius 3 is 2.52 bits per heavy atom. The van der Waals surface area contributed by atoms with E-state index in [1.54, 1.807) is 0 Å². The van der Waals surface area contributed by atoms with Gasteiger partial charge in [0.05, 0.1) is 5.69 Å². The number of hydrogen-bond donors (Lipinski definition) is 1. The van der Waals surface area contributed by atoms with Crippen LogP contribution >= 0.6 is 0 Å². The third-order valence-electron chi connectivity index (χ3n) is 5.04. The van der Waals surface area contributed by atoms with E-state index in [-0.39, 0.29) is 5.54 Å². The third-order valence-corrected chi connectivity index (χ3v) is 5.04. The van der Waals surface area contributed by atoms with Gasteiger partial charge in [-0.2, -0.15) is 0 Å². The molecule has 2 rings (SSSR count). The largest absolute Gasteiger partial charge is 0.329 e. The summed E-state index contributed by atoms with van der Waals surface area (Å²) >= 11 is 0. The zero-order valence-corrected chi connectivity index (χ0v) is 13.8. The van der Waals surface area contributed by atoms with Crippen molar-refractivity contribution < 1.29 is 0 Å². The van der Waals surface area contributed by atoms with E-state index in [9.17, 15) is 0 Å². The van der Waals surface area contributed by atoms with Crippen LogP contribution in [0.3, 0.4) is 0 Å². The molecule has 1 aliphatic carbocycles. The highest BCUT2D eigenvalue weighted by molar-refractivity contribution is 5.18. The van der Waals surface area contributed by atoms with Gasteiger partial charge >= 0.3 is 0 Å². The lowest BCUT2D eigenvalue weighted by atomic mass is 9.87. The number of nitrogens with zero attached hydrogens (tertiary/aromatic N) is 2. The van der Waals surface area contributed by atoms with Crippen molar-refractivity contribution in [3.8, 4) is 0 Å². The third kappa shape index (κ3) is 4.04. The molecule has 0 aromatic carbocycles. The molecule has 0 amide bonds. The Morgan fingerprint density at radius 2 is 1.95 bits per heavy atom. The molecule has 1 aromatic heterocycles. The lowest BCUT2D eigenvalue weighted by molar-refractivity contribution is 0.0682. The van der Waals surface area contributed by atoms with Crippen LogP contribution in [0.5, 0.6) is 0 Å². The average molecular weight is 289 g/mol. The zero-order valence-electron chi connectivity index (χ0n) is 13.8. The fourth-order valence-electron chi connectivity index (χ4n) is 3.65. The molecule has 2 N–H and O–H groups in total. The molecule has 0 radical (unpaired) electrons. The lowest BCUT2D eigenvalue weighted by Crippen LogP contribution is -2.53. The van der Waals surface area contributed by atoms with Crippen molar-refractivity contribution in [3.05, 3.63) is 29.6 Å². The Bertz CT molecular complexity index is 422. The molecule has 118 valence electrons. The molecular formula is C18H31N3. The molecule has 0 atom stereocenters. The van der Waals surface area contributed by atoms with Crippen molar-refractivity contribution in [2.24, 2.45) is 5.73 Å². The molecule has 0 unspecified atom stereocenters. The standard InChI is InChI=1S/C18H31N3/c1-3-13-21(14-17-16(2)9-8-12-20-17)18(15-19)10-6-4-5-7-11-18/h8-9,12H,3-7,10-11,13-15,19H2,1-2H3.